The maximum Gasteiger partial charge on any atom is 0.163 e. The topological polar surface area (TPSA) is 50.7 Å². The van der Waals surface area contributed by atoms with E-state index in [4.69, 9.17) is 21.1 Å². The van der Waals surface area contributed by atoms with Crippen molar-refractivity contribution < 1.29 is 14.6 Å². The third-order valence-electron chi connectivity index (χ3n) is 3.42. The summed E-state index contributed by atoms with van der Waals surface area (Å²) in [5.41, 5.74) is 2.42. The smallest absolute Gasteiger partial charge is 0.163 e. The van der Waals surface area contributed by atoms with Gasteiger partial charge in [0.15, 0.2) is 11.5 Å². The number of hydrogen-bond donors (Lipinski definition) is 2. The number of fused-ring (bicyclic) bond motifs is 1. The van der Waals surface area contributed by atoms with Crippen LogP contribution in [0.5, 0.6) is 17.2 Å². The van der Waals surface area contributed by atoms with Crippen LogP contribution in [0.15, 0.2) is 30.3 Å². The monoisotopic (exact) mass is 305 g/mol. The van der Waals surface area contributed by atoms with Crippen molar-refractivity contribution in [3.63, 3.8) is 0 Å². The minimum atomic E-state index is 0.304. The van der Waals surface area contributed by atoms with E-state index in [9.17, 15) is 5.11 Å². The molecule has 2 N–H and O–H groups in total. The Kier molecular flexibility index (Phi) is 3.80. The molecule has 0 radical (unpaired) electrons. The minimum absolute atomic E-state index is 0.304. The van der Waals surface area contributed by atoms with Crippen LogP contribution in [0.2, 0.25) is 5.02 Å². The molecule has 0 atom stereocenters. The number of rotatable bonds is 3. The predicted molar refractivity (Wildman–Crippen MR) is 82.6 cm³/mol. The van der Waals surface area contributed by atoms with E-state index in [1.807, 2.05) is 31.2 Å². The number of halogens is 1. The van der Waals surface area contributed by atoms with Gasteiger partial charge in [-0.15, -0.1) is 0 Å². The summed E-state index contributed by atoms with van der Waals surface area (Å²) in [5, 5.41) is 13.8. The lowest BCUT2D eigenvalue weighted by atomic mass is 10.1. The molecule has 3 rings (SSSR count). The first-order valence-electron chi connectivity index (χ1n) is 6.75. The quantitative estimate of drug-likeness (QED) is 0.907. The van der Waals surface area contributed by atoms with Gasteiger partial charge >= 0.3 is 0 Å². The molecule has 4 nitrogen and oxygen atoms in total. The second-order valence-electron chi connectivity index (χ2n) is 4.91. The molecule has 1 aliphatic rings. The van der Waals surface area contributed by atoms with Crippen molar-refractivity contribution >= 4 is 17.3 Å². The largest absolute Gasteiger partial charge is 0.507 e. The van der Waals surface area contributed by atoms with Crippen LogP contribution in [-0.2, 0) is 6.54 Å². The Morgan fingerprint density at radius 1 is 1.19 bits per heavy atom. The molecule has 110 valence electrons. The molecule has 0 spiro atoms. The molecule has 2 aromatic rings. The Hall–Kier alpha value is -2.07. The first-order valence-corrected chi connectivity index (χ1v) is 7.13. The van der Waals surface area contributed by atoms with Crippen LogP contribution >= 0.6 is 11.6 Å². The highest BCUT2D eigenvalue weighted by Crippen LogP contribution is 2.38. The highest BCUT2D eigenvalue weighted by molar-refractivity contribution is 6.33. The molecule has 5 heteroatoms. The third-order valence-corrected chi connectivity index (χ3v) is 3.74. The van der Waals surface area contributed by atoms with Crippen LogP contribution in [0.3, 0.4) is 0 Å². The fraction of sp³-hybridized carbons (Fsp3) is 0.250. The van der Waals surface area contributed by atoms with E-state index in [1.54, 1.807) is 6.07 Å². The Labute approximate surface area is 128 Å². The van der Waals surface area contributed by atoms with Crippen molar-refractivity contribution in [3.8, 4) is 17.2 Å². The third kappa shape index (κ3) is 2.85. The molecule has 0 aromatic heterocycles. The number of nitrogens with one attached hydrogen (secondary N) is 1. The van der Waals surface area contributed by atoms with Crippen LogP contribution in [0, 0.1) is 6.92 Å². The first kappa shape index (κ1) is 13.9. The Morgan fingerprint density at radius 3 is 2.67 bits per heavy atom. The zero-order chi connectivity index (χ0) is 14.8. The van der Waals surface area contributed by atoms with Gasteiger partial charge in [-0.2, -0.15) is 0 Å². The van der Waals surface area contributed by atoms with E-state index in [1.165, 1.54) is 0 Å². The van der Waals surface area contributed by atoms with Crippen LogP contribution in [0.1, 0.15) is 11.1 Å². The summed E-state index contributed by atoms with van der Waals surface area (Å²) in [5.74, 6) is 1.65. The van der Waals surface area contributed by atoms with Crippen molar-refractivity contribution in [2.75, 3.05) is 18.5 Å². The van der Waals surface area contributed by atoms with Crippen LogP contribution < -0.4 is 14.8 Å². The van der Waals surface area contributed by atoms with Gasteiger partial charge in [-0.1, -0.05) is 29.8 Å². The molecular weight excluding hydrogens is 290 g/mol. The van der Waals surface area contributed by atoms with Gasteiger partial charge in [-0.3, -0.25) is 0 Å². The minimum Gasteiger partial charge on any atom is -0.507 e. The molecule has 0 bridgehead atoms. The Morgan fingerprint density at radius 2 is 1.90 bits per heavy atom. The van der Waals surface area contributed by atoms with Gasteiger partial charge < -0.3 is 19.9 Å². The van der Waals surface area contributed by atoms with Crippen molar-refractivity contribution in [2.24, 2.45) is 0 Å². The number of hydrogen-bond acceptors (Lipinski definition) is 4. The van der Waals surface area contributed by atoms with Crippen LogP contribution in [0.25, 0.3) is 0 Å². The second-order valence-corrected chi connectivity index (χ2v) is 5.32. The van der Waals surface area contributed by atoms with E-state index in [0.29, 0.717) is 42.0 Å². The first-order chi connectivity index (χ1) is 10.1. The summed E-state index contributed by atoms with van der Waals surface area (Å²) < 4.78 is 11.0. The lowest BCUT2D eigenvalue weighted by Crippen LogP contribution is -2.15. The lowest BCUT2D eigenvalue weighted by molar-refractivity contribution is 0.171. The van der Waals surface area contributed by atoms with Gasteiger partial charge in [0, 0.05) is 24.2 Å². The molecule has 0 saturated carbocycles. The number of phenols is 1. The van der Waals surface area contributed by atoms with Gasteiger partial charge in [-0.05, 0) is 12.5 Å². The molecule has 0 fully saturated rings. The predicted octanol–water partition coefficient (Wildman–Crippen LogP) is 3.74. The Balaban J connectivity index is 1.80. The summed E-state index contributed by atoms with van der Waals surface area (Å²) in [4.78, 5) is 0. The van der Waals surface area contributed by atoms with E-state index >= 15 is 0 Å². The van der Waals surface area contributed by atoms with Crippen molar-refractivity contribution in [1.29, 1.82) is 0 Å². The number of phenolic OH excluding ortho intramolecular Hbond substituents is 1. The van der Waals surface area contributed by atoms with Gasteiger partial charge in [-0.25, -0.2) is 0 Å². The maximum atomic E-state index is 10.0. The normalized spacial score (nSPS) is 13.0. The van der Waals surface area contributed by atoms with Crippen molar-refractivity contribution in [2.45, 2.75) is 13.5 Å². The number of benzene rings is 2. The number of anilines is 1. The molecule has 0 unspecified atom stereocenters. The van der Waals surface area contributed by atoms with Gasteiger partial charge in [0.1, 0.15) is 19.0 Å². The van der Waals surface area contributed by atoms with E-state index in [2.05, 4.69) is 5.32 Å². The summed E-state index contributed by atoms with van der Waals surface area (Å²) in [6.45, 7) is 3.42. The summed E-state index contributed by atoms with van der Waals surface area (Å²) in [6, 6.07) is 9.23. The van der Waals surface area contributed by atoms with Crippen molar-refractivity contribution in [3.05, 3.63) is 46.5 Å². The summed E-state index contributed by atoms with van der Waals surface area (Å²) in [6.07, 6.45) is 0. The van der Waals surface area contributed by atoms with E-state index < -0.39 is 0 Å². The maximum absolute atomic E-state index is 10.0. The molecule has 1 aliphatic heterocycles. The molecule has 0 amide bonds. The van der Waals surface area contributed by atoms with E-state index in [-0.39, 0.29) is 0 Å². The summed E-state index contributed by atoms with van der Waals surface area (Å²) >= 11 is 6.24. The Bertz CT molecular complexity index is 673. The van der Waals surface area contributed by atoms with Crippen molar-refractivity contribution in [1.82, 2.24) is 0 Å². The SMILES string of the molecule is Cc1cccc(CNc2cc3c(cc2Cl)OCCO3)c1O. The molecule has 0 saturated heterocycles. The van der Waals surface area contributed by atoms with Crippen LogP contribution in [-0.4, -0.2) is 18.3 Å². The molecule has 21 heavy (non-hydrogen) atoms. The number of aromatic hydroxyl groups is 1. The van der Waals surface area contributed by atoms with E-state index in [0.717, 1.165) is 16.8 Å². The number of para-hydroxylation sites is 1. The molecular formula is C16H16ClNO3. The number of aryl methyl sites for hydroxylation is 1. The summed E-state index contributed by atoms with van der Waals surface area (Å²) in [7, 11) is 0. The fourth-order valence-corrected chi connectivity index (χ4v) is 2.47. The fourth-order valence-electron chi connectivity index (χ4n) is 2.25. The number of ether oxygens (including phenoxy) is 2. The highest BCUT2D eigenvalue weighted by Gasteiger charge is 2.15. The van der Waals surface area contributed by atoms with Crippen LogP contribution in [0.4, 0.5) is 5.69 Å². The zero-order valence-electron chi connectivity index (χ0n) is 11.6. The average molecular weight is 306 g/mol. The van der Waals surface area contributed by atoms with Gasteiger partial charge in [0.05, 0.1) is 10.7 Å². The van der Waals surface area contributed by atoms with Gasteiger partial charge in [0.25, 0.3) is 0 Å². The molecule has 1 heterocycles. The zero-order valence-corrected chi connectivity index (χ0v) is 12.4. The molecule has 0 aliphatic carbocycles. The highest BCUT2D eigenvalue weighted by atomic mass is 35.5. The standard InChI is InChI=1S/C16H16ClNO3/c1-10-3-2-4-11(16(10)19)9-18-13-8-15-14(7-12(13)17)20-5-6-21-15/h2-4,7-8,18-19H,5-6,9H2,1H3. The lowest BCUT2D eigenvalue weighted by Gasteiger charge is -2.20. The molecule has 2 aromatic carbocycles. The average Bonchev–Trinajstić information content (AvgIpc) is 2.49. The van der Waals surface area contributed by atoms with Gasteiger partial charge in [0.2, 0.25) is 0 Å². The second kappa shape index (κ2) is 5.74.